The number of carbonyl (C=O) groups is 2. The van der Waals surface area contributed by atoms with E-state index in [1.165, 1.54) is 0 Å². The Kier molecular flexibility index (Phi) is 4.80. The van der Waals surface area contributed by atoms with Crippen molar-refractivity contribution in [3.8, 4) is 0 Å². The van der Waals surface area contributed by atoms with Gasteiger partial charge in [0.15, 0.2) is 5.78 Å². The van der Waals surface area contributed by atoms with Crippen LogP contribution >= 0.6 is 0 Å². The van der Waals surface area contributed by atoms with Gasteiger partial charge in [-0.25, -0.2) is 0 Å². The number of hydrogen-bond acceptors (Lipinski definition) is 4. The van der Waals surface area contributed by atoms with Crippen LogP contribution < -0.4 is 0 Å². The molecule has 1 saturated heterocycles. The molecule has 1 fully saturated rings. The molecule has 6 nitrogen and oxygen atoms in total. The van der Waals surface area contributed by atoms with Crippen LogP contribution in [0.15, 0.2) is 43.0 Å². The van der Waals surface area contributed by atoms with E-state index in [-0.39, 0.29) is 17.6 Å². The standard InChI is InChI=1S/C17H20N4O2/c22-16(8-10-20-12-18-19-13-20)21-9-4-7-15(11-21)17(23)14-5-2-1-3-6-14/h1-3,5-6,12-13,15H,4,7-11H2. The monoisotopic (exact) mass is 312 g/mol. The fraction of sp³-hybridized carbons (Fsp3) is 0.412. The second-order valence-electron chi connectivity index (χ2n) is 5.86. The first-order valence-corrected chi connectivity index (χ1v) is 7.93. The molecule has 2 aromatic rings. The van der Waals surface area contributed by atoms with Gasteiger partial charge >= 0.3 is 0 Å². The second kappa shape index (κ2) is 7.17. The van der Waals surface area contributed by atoms with Gasteiger partial charge in [-0.15, -0.1) is 10.2 Å². The summed E-state index contributed by atoms with van der Waals surface area (Å²) in [4.78, 5) is 26.7. The second-order valence-corrected chi connectivity index (χ2v) is 5.86. The Morgan fingerprint density at radius 2 is 1.87 bits per heavy atom. The molecule has 0 N–H and O–H groups in total. The van der Waals surface area contributed by atoms with Crippen molar-refractivity contribution in [2.75, 3.05) is 13.1 Å². The summed E-state index contributed by atoms with van der Waals surface area (Å²) in [7, 11) is 0. The van der Waals surface area contributed by atoms with Crippen LogP contribution in [0.2, 0.25) is 0 Å². The molecule has 3 rings (SSSR count). The Hall–Kier alpha value is -2.50. The van der Waals surface area contributed by atoms with Gasteiger partial charge in [0.25, 0.3) is 0 Å². The molecule has 0 radical (unpaired) electrons. The predicted molar refractivity (Wildman–Crippen MR) is 84.7 cm³/mol. The number of rotatable bonds is 5. The molecule has 120 valence electrons. The minimum Gasteiger partial charge on any atom is -0.342 e. The lowest BCUT2D eigenvalue weighted by Gasteiger charge is -2.32. The lowest BCUT2D eigenvalue weighted by atomic mass is 9.90. The normalized spacial score (nSPS) is 17.9. The zero-order chi connectivity index (χ0) is 16.1. The summed E-state index contributed by atoms with van der Waals surface area (Å²) >= 11 is 0. The van der Waals surface area contributed by atoms with E-state index in [9.17, 15) is 9.59 Å². The molecule has 1 aliphatic rings. The van der Waals surface area contributed by atoms with Crippen molar-refractivity contribution >= 4 is 11.7 Å². The Balaban J connectivity index is 1.57. The molecule has 2 heterocycles. The largest absolute Gasteiger partial charge is 0.342 e. The molecule has 1 unspecified atom stereocenters. The summed E-state index contributed by atoms with van der Waals surface area (Å²) in [6, 6.07) is 9.33. The molecule has 0 bridgehead atoms. The molecular formula is C17H20N4O2. The van der Waals surface area contributed by atoms with E-state index in [4.69, 9.17) is 0 Å². The first-order valence-electron chi connectivity index (χ1n) is 7.93. The highest BCUT2D eigenvalue weighted by Crippen LogP contribution is 2.21. The molecule has 23 heavy (non-hydrogen) atoms. The molecule has 1 atom stereocenters. The fourth-order valence-corrected chi connectivity index (χ4v) is 2.98. The maximum absolute atomic E-state index is 12.6. The van der Waals surface area contributed by atoms with Gasteiger partial charge in [-0.3, -0.25) is 9.59 Å². The lowest BCUT2D eigenvalue weighted by molar-refractivity contribution is -0.132. The van der Waals surface area contributed by atoms with Crippen molar-refractivity contribution in [2.24, 2.45) is 5.92 Å². The molecular weight excluding hydrogens is 292 g/mol. The van der Waals surface area contributed by atoms with E-state index in [2.05, 4.69) is 10.2 Å². The van der Waals surface area contributed by atoms with Gasteiger partial charge in [-0.2, -0.15) is 0 Å². The Labute approximate surface area is 135 Å². The van der Waals surface area contributed by atoms with E-state index < -0.39 is 0 Å². The fourth-order valence-electron chi connectivity index (χ4n) is 2.98. The third kappa shape index (κ3) is 3.83. The average Bonchev–Trinajstić information content (AvgIpc) is 3.13. The number of ketones is 1. The first kappa shape index (κ1) is 15.4. The van der Waals surface area contributed by atoms with E-state index in [0.29, 0.717) is 19.5 Å². The number of Topliss-reactive ketones (excluding diaryl/α,β-unsaturated/α-hetero) is 1. The van der Waals surface area contributed by atoms with Crippen molar-refractivity contribution in [3.63, 3.8) is 0 Å². The van der Waals surface area contributed by atoms with Crippen LogP contribution in [0, 0.1) is 5.92 Å². The zero-order valence-corrected chi connectivity index (χ0v) is 13.0. The van der Waals surface area contributed by atoms with Gasteiger partial charge in [-0.1, -0.05) is 30.3 Å². The summed E-state index contributed by atoms with van der Waals surface area (Å²) in [6.45, 7) is 1.83. The third-order valence-corrected chi connectivity index (χ3v) is 4.25. The number of amides is 1. The van der Waals surface area contributed by atoms with Gasteiger partial charge < -0.3 is 9.47 Å². The number of hydrogen-bond donors (Lipinski definition) is 0. The van der Waals surface area contributed by atoms with Gasteiger partial charge in [0, 0.05) is 37.5 Å². The topological polar surface area (TPSA) is 68.1 Å². The SMILES string of the molecule is O=C(c1ccccc1)C1CCCN(C(=O)CCn2cnnc2)C1. The van der Waals surface area contributed by atoms with Gasteiger partial charge in [0.05, 0.1) is 0 Å². The minimum atomic E-state index is -0.0926. The van der Waals surface area contributed by atoms with E-state index in [0.717, 1.165) is 24.9 Å². The highest BCUT2D eigenvalue weighted by Gasteiger charge is 2.28. The van der Waals surface area contributed by atoms with E-state index >= 15 is 0 Å². The number of piperidine rings is 1. The zero-order valence-electron chi connectivity index (χ0n) is 13.0. The molecule has 6 heteroatoms. The van der Waals surface area contributed by atoms with Crippen LogP contribution in [0.5, 0.6) is 0 Å². The Morgan fingerprint density at radius 1 is 1.13 bits per heavy atom. The smallest absolute Gasteiger partial charge is 0.224 e. The van der Waals surface area contributed by atoms with Crippen molar-refractivity contribution in [2.45, 2.75) is 25.8 Å². The summed E-state index contributed by atoms with van der Waals surface area (Å²) in [5, 5.41) is 7.45. The van der Waals surface area contributed by atoms with Gasteiger partial charge in [0.2, 0.25) is 5.91 Å². The number of aryl methyl sites for hydroxylation is 1. The van der Waals surface area contributed by atoms with Crippen LogP contribution in [0.25, 0.3) is 0 Å². The van der Waals surface area contributed by atoms with Crippen molar-refractivity contribution < 1.29 is 9.59 Å². The molecule has 1 aromatic heterocycles. The quantitative estimate of drug-likeness (QED) is 0.789. The summed E-state index contributed by atoms with van der Waals surface area (Å²) in [6.07, 6.45) is 5.34. The van der Waals surface area contributed by atoms with Crippen molar-refractivity contribution in [3.05, 3.63) is 48.5 Å². The summed E-state index contributed by atoms with van der Waals surface area (Å²) < 4.78 is 1.79. The molecule has 1 aromatic carbocycles. The number of carbonyl (C=O) groups excluding carboxylic acids is 2. The lowest BCUT2D eigenvalue weighted by Crippen LogP contribution is -2.42. The number of aromatic nitrogens is 3. The highest BCUT2D eigenvalue weighted by molar-refractivity contribution is 5.98. The third-order valence-electron chi connectivity index (χ3n) is 4.25. The van der Waals surface area contributed by atoms with E-state index in [1.807, 2.05) is 35.2 Å². The number of likely N-dealkylation sites (tertiary alicyclic amines) is 1. The summed E-state index contributed by atoms with van der Waals surface area (Å²) in [5.41, 5.74) is 0.733. The summed E-state index contributed by atoms with van der Waals surface area (Å²) in [5.74, 6) is 0.135. The average molecular weight is 312 g/mol. The maximum Gasteiger partial charge on any atom is 0.224 e. The number of nitrogens with zero attached hydrogens (tertiary/aromatic N) is 4. The maximum atomic E-state index is 12.6. The Bertz CT molecular complexity index is 654. The molecule has 0 aliphatic carbocycles. The molecule has 1 aliphatic heterocycles. The Morgan fingerprint density at radius 3 is 2.61 bits per heavy atom. The van der Waals surface area contributed by atoms with Crippen LogP contribution in [0.3, 0.4) is 0 Å². The molecule has 1 amide bonds. The van der Waals surface area contributed by atoms with Crippen LogP contribution in [-0.2, 0) is 11.3 Å². The van der Waals surface area contributed by atoms with Gasteiger partial charge in [-0.05, 0) is 12.8 Å². The van der Waals surface area contributed by atoms with E-state index in [1.54, 1.807) is 17.2 Å². The molecule has 0 saturated carbocycles. The van der Waals surface area contributed by atoms with Crippen molar-refractivity contribution in [1.29, 1.82) is 0 Å². The first-order chi connectivity index (χ1) is 11.2. The van der Waals surface area contributed by atoms with Crippen molar-refractivity contribution in [1.82, 2.24) is 19.7 Å². The van der Waals surface area contributed by atoms with Crippen LogP contribution in [0.1, 0.15) is 29.6 Å². The van der Waals surface area contributed by atoms with Gasteiger partial charge in [0.1, 0.15) is 12.7 Å². The highest BCUT2D eigenvalue weighted by atomic mass is 16.2. The number of benzene rings is 1. The van der Waals surface area contributed by atoms with Crippen LogP contribution in [-0.4, -0.2) is 44.4 Å². The predicted octanol–water partition coefficient (Wildman–Crippen LogP) is 1.79. The van der Waals surface area contributed by atoms with Crippen LogP contribution in [0.4, 0.5) is 0 Å². The minimum absolute atomic E-state index is 0.0873. The molecule has 0 spiro atoms.